The molecular formula is C25H36O5S. The van der Waals surface area contributed by atoms with E-state index in [1.807, 2.05) is 18.2 Å². The van der Waals surface area contributed by atoms with Gasteiger partial charge in [-0.15, -0.1) is 0 Å². The Morgan fingerprint density at radius 3 is 2.42 bits per heavy atom. The van der Waals surface area contributed by atoms with Gasteiger partial charge in [-0.05, 0) is 30.5 Å². The number of benzene rings is 1. The van der Waals surface area contributed by atoms with E-state index in [0.29, 0.717) is 11.3 Å². The zero-order valence-electron chi connectivity index (χ0n) is 18.4. The van der Waals surface area contributed by atoms with Crippen molar-refractivity contribution in [3.63, 3.8) is 0 Å². The summed E-state index contributed by atoms with van der Waals surface area (Å²) in [4.78, 5) is 22.0. The second-order valence-corrected chi connectivity index (χ2v) is 8.86. The fourth-order valence-corrected chi connectivity index (χ4v) is 4.25. The van der Waals surface area contributed by atoms with Crippen molar-refractivity contribution in [1.82, 2.24) is 0 Å². The summed E-state index contributed by atoms with van der Waals surface area (Å²) in [6.45, 7) is 2.22. The van der Waals surface area contributed by atoms with Crippen LogP contribution in [-0.4, -0.2) is 38.3 Å². The van der Waals surface area contributed by atoms with Gasteiger partial charge in [-0.25, -0.2) is 4.79 Å². The van der Waals surface area contributed by atoms with Crippen molar-refractivity contribution in [2.45, 2.75) is 76.1 Å². The number of allylic oxidation sites excluding steroid dienone is 3. The number of carbonyl (C=O) groups is 2. The quantitative estimate of drug-likeness (QED) is 0.193. The highest BCUT2D eigenvalue weighted by atomic mass is 32.2. The van der Waals surface area contributed by atoms with Gasteiger partial charge in [0.2, 0.25) is 0 Å². The molecule has 0 saturated carbocycles. The summed E-state index contributed by atoms with van der Waals surface area (Å²) in [6, 6.07) is 6.23. The minimum atomic E-state index is -1.05. The Morgan fingerprint density at radius 1 is 1.03 bits per heavy atom. The predicted molar refractivity (Wildman–Crippen MR) is 128 cm³/mol. The van der Waals surface area contributed by atoms with Gasteiger partial charge in [0, 0.05) is 5.75 Å². The fraction of sp³-hybridized carbons (Fsp3) is 0.520. The molecule has 0 heterocycles. The Labute approximate surface area is 190 Å². The van der Waals surface area contributed by atoms with Gasteiger partial charge < -0.3 is 15.3 Å². The molecule has 0 aliphatic carbocycles. The van der Waals surface area contributed by atoms with Crippen molar-refractivity contribution in [1.29, 1.82) is 0 Å². The molecule has 0 aliphatic heterocycles. The van der Waals surface area contributed by atoms with Crippen LogP contribution < -0.4 is 0 Å². The Bertz CT molecular complexity index is 714. The van der Waals surface area contributed by atoms with Crippen molar-refractivity contribution in [3.8, 4) is 0 Å². The van der Waals surface area contributed by atoms with Crippen LogP contribution in [0.1, 0.15) is 86.7 Å². The molecule has 0 fully saturated rings. The van der Waals surface area contributed by atoms with Crippen molar-refractivity contribution in [2.75, 3.05) is 5.75 Å². The smallest absolute Gasteiger partial charge is 0.335 e. The van der Waals surface area contributed by atoms with Gasteiger partial charge >= 0.3 is 11.9 Å². The molecule has 0 spiro atoms. The normalized spacial score (nSPS) is 13.6. The molecule has 0 amide bonds. The summed E-state index contributed by atoms with van der Waals surface area (Å²) in [6.07, 6.45) is 16.8. The van der Waals surface area contributed by atoms with E-state index in [2.05, 4.69) is 13.0 Å². The summed E-state index contributed by atoms with van der Waals surface area (Å²) < 4.78 is 0. The van der Waals surface area contributed by atoms with Gasteiger partial charge in [0.05, 0.1) is 23.3 Å². The molecule has 1 rings (SSSR count). The highest BCUT2D eigenvalue weighted by molar-refractivity contribution is 8.00. The number of aliphatic hydroxyl groups is 1. The average molecular weight is 449 g/mol. The van der Waals surface area contributed by atoms with Crippen LogP contribution in [0.25, 0.3) is 0 Å². The second kappa shape index (κ2) is 16.6. The maximum atomic E-state index is 11.2. The van der Waals surface area contributed by atoms with Gasteiger partial charge in [-0.2, -0.15) is 11.8 Å². The van der Waals surface area contributed by atoms with Crippen LogP contribution in [0.4, 0.5) is 0 Å². The van der Waals surface area contributed by atoms with E-state index in [1.54, 1.807) is 12.1 Å². The molecule has 172 valence electrons. The maximum Gasteiger partial charge on any atom is 0.335 e. The lowest BCUT2D eigenvalue weighted by atomic mass is 10.0. The molecule has 0 bridgehead atoms. The molecule has 0 aromatic heterocycles. The van der Waals surface area contributed by atoms with Gasteiger partial charge in [0.25, 0.3) is 0 Å². The summed E-state index contributed by atoms with van der Waals surface area (Å²) in [5.41, 5.74) is 0.619. The number of aromatic carboxylic acids is 1. The topological polar surface area (TPSA) is 94.8 Å². The Morgan fingerprint density at radius 2 is 1.74 bits per heavy atom. The number of hydrogen-bond acceptors (Lipinski definition) is 4. The Kier molecular flexibility index (Phi) is 14.5. The van der Waals surface area contributed by atoms with Gasteiger partial charge in [-0.1, -0.05) is 81.9 Å². The summed E-state index contributed by atoms with van der Waals surface area (Å²) in [7, 11) is 0. The van der Waals surface area contributed by atoms with E-state index in [9.17, 15) is 19.8 Å². The molecule has 5 nitrogen and oxygen atoms in total. The molecule has 0 aliphatic rings. The number of carboxylic acids is 2. The average Bonchev–Trinajstić information content (AvgIpc) is 2.75. The van der Waals surface area contributed by atoms with Crippen LogP contribution in [0.2, 0.25) is 0 Å². The number of rotatable bonds is 17. The van der Waals surface area contributed by atoms with Crippen molar-refractivity contribution in [3.05, 3.63) is 59.7 Å². The largest absolute Gasteiger partial charge is 0.481 e. The number of aliphatic hydroxyl groups excluding tert-OH is 1. The van der Waals surface area contributed by atoms with E-state index < -0.39 is 18.0 Å². The van der Waals surface area contributed by atoms with Crippen LogP contribution in [0.15, 0.2) is 48.6 Å². The van der Waals surface area contributed by atoms with E-state index in [4.69, 9.17) is 5.11 Å². The van der Waals surface area contributed by atoms with E-state index in [-0.39, 0.29) is 17.2 Å². The lowest BCUT2D eigenvalue weighted by Crippen LogP contribution is -2.15. The van der Waals surface area contributed by atoms with E-state index >= 15 is 0 Å². The first kappa shape index (κ1) is 27.0. The van der Waals surface area contributed by atoms with Crippen molar-refractivity contribution in [2.24, 2.45) is 0 Å². The molecule has 0 unspecified atom stereocenters. The van der Waals surface area contributed by atoms with Crippen LogP contribution in [0, 0.1) is 0 Å². The van der Waals surface area contributed by atoms with E-state index in [0.717, 1.165) is 12.8 Å². The first-order chi connectivity index (χ1) is 15.0. The molecule has 31 heavy (non-hydrogen) atoms. The zero-order valence-corrected chi connectivity index (χ0v) is 19.2. The third-order valence-electron chi connectivity index (χ3n) is 4.93. The summed E-state index contributed by atoms with van der Waals surface area (Å²) >= 11 is 1.35. The number of hydrogen-bond donors (Lipinski definition) is 3. The highest BCUT2D eigenvalue weighted by Crippen LogP contribution is 2.29. The van der Waals surface area contributed by atoms with Crippen LogP contribution in [0.3, 0.4) is 0 Å². The minimum absolute atomic E-state index is 0.00495. The molecule has 3 N–H and O–H groups in total. The van der Waals surface area contributed by atoms with Gasteiger partial charge in [0.1, 0.15) is 0 Å². The summed E-state index contributed by atoms with van der Waals surface area (Å²) in [5, 5.41) is 28.5. The van der Waals surface area contributed by atoms with Crippen LogP contribution in [0.5, 0.6) is 0 Å². The number of carboxylic acid groups (broad SMARTS) is 2. The fourth-order valence-electron chi connectivity index (χ4n) is 3.15. The molecule has 0 radical (unpaired) electrons. The maximum absolute atomic E-state index is 11.2. The van der Waals surface area contributed by atoms with Crippen LogP contribution >= 0.6 is 11.8 Å². The second-order valence-electron chi connectivity index (χ2n) is 7.58. The molecule has 2 atom stereocenters. The van der Waals surface area contributed by atoms with Crippen LogP contribution in [-0.2, 0) is 4.79 Å². The highest BCUT2D eigenvalue weighted by Gasteiger charge is 2.20. The molecule has 1 aromatic rings. The Balaban J connectivity index is 2.59. The Hall–Kier alpha value is -2.05. The monoisotopic (exact) mass is 448 g/mol. The molecule has 6 heteroatoms. The van der Waals surface area contributed by atoms with Gasteiger partial charge in [-0.3, -0.25) is 4.79 Å². The SMILES string of the molecule is CCCCCCCCC/C=C/C=C/[C@H](SCCC(=O)O)[C@H](O)c1cccc(C(=O)O)c1. The molecular weight excluding hydrogens is 412 g/mol. The standard InChI is InChI=1S/C25H36O5S/c1-2-3-4-5-6-7-8-9-10-11-12-16-22(31-18-17-23(26)27)24(28)20-14-13-15-21(19-20)25(29)30/h10-16,19,22,24,28H,2-9,17-18H2,1H3,(H,26,27)(H,29,30)/b11-10+,16-12+/t22-,24+/m0/s1. The van der Waals surface area contributed by atoms with Crippen molar-refractivity contribution >= 4 is 23.7 Å². The zero-order chi connectivity index (χ0) is 22.9. The summed E-state index contributed by atoms with van der Waals surface area (Å²) in [5.74, 6) is -1.57. The number of unbranched alkanes of at least 4 members (excludes halogenated alkanes) is 7. The minimum Gasteiger partial charge on any atom is -0.481 e. The van der Waals surface area contributed by atoms with Gasteiger partial charge in [0.15, 0.2) is 0 Å². The first-order valence-corrected chi connectivity index (χ1v) is 12.2. The first-order valence-electron chi connectivity index (χ1n) is 11.1. The third kappa shape index (κ3) is 12.4. The lowest BCUT2D eigenvalue weighted by Gasteiger charge is -2.20. The third-order valence-corrected chi connectivity index (χ3v) is 6.17. The predicted octanol–water partition coefficient (Wildman–Crippen LogP) is 6.25. The molecule has 0 saturated heterocycles. The number of thioether (sulfide) groups is 1. The molecule has 1 aromatic carbocycles. The number of aliphatic carboxylic acids is 1. The van der Waals surface area contributed by atoms with E-state index in [1.165, 1.54) is 62.4 Å². The van der Waals surface area contributed by atoms with Crippen molar-refractivity contribution < 1.29 is 24.9 Å². The lowest BCUT2D eigenvalue weighted by molar-refractivity contribution is -0.136.